The first-order chi connectivity index (χ1) is 17.6. The van der Waals surface area contributed by atoms with Crippen LogP contribution in [0.15, 0.2) is 67.4 Å². The Hall–Kier alpha value is -4.24. The molecule has 4 aromatic rings. The first-order valence-electron chi connectivity index (χ1n) is 11.9. The number of anilines is 2. The van der Waals surface area contributed by atoms with E-state index in [9.17, 15) is 4.79 Å². The number of likely N-dealkylation sites (N-methyl/N-ethyl adjacent to an activating group) is 1. The molecule has 4 heterocycles. The molecular formula is C27H29N7O2. The fourth-order valence-corrected chi connectivity index (χ4v) is 4.13. The maximum Gasteiger partial charge on any atom is 0.258 e. The standard InChI is InChI=1S/C27H29N7O2/c1-33(2)11-12-34-18-21(16-31-34)27(35)32-22-5-3-4-19(14-22)15-29-26-23-8-13-36-25(23)24(17-30-26)20-6-9-28-10-7-20/h3-7,9-10,14,16-18H,8,11-13,15H2,1-2H3,(H,29,30)(H,32,35). The maximum atomic E-state index is 12.7. The van der Waals surface area contributed by atoms with E-state index in [1.807, 2.05) is 56.7 Å². The van der Waals surface area contributed by atoms with Gasteiger partial charge in [-0.05, 0) is 49.5 Å². The van der Waals surface area contributed by atoms with E-state index in [4.69, 9.17) is 4.74 Å². The van der Waals surface area contributed by atoms with Crippen molar-refractivity contribution < 1.29 is 9.53 Å². The normalized spacial score (nSPS) is 12.3. The Labute approximate surface area is 210 Å². The highest BCUT2D eigenvalue weighted by Gasteiger charge is 2.22. The molecule has 5 rings (SSSR count). The predicted molar refractivity (Wildman–Crippen MR) is 139 cm³/mol. The number of ether oxygens (including phenoxy) is 1. The number of nitrogens with zero attached hydrogens (tertiary/aromatic N) is 5. The van der Waals surface area contributed by atoms with Gasteiger partial charge < -0.3 is 20.3 Å². The molecule has 0 bridgehead atoms. The third-order valence-electron chi connectivity index (χ3n) is 6.03. The zero-order valence-corrected chi connectivity index (χ0v) is 20.4. The maximum absolute atomic E-state index is 12.7. The summed E-state index contributed by atoms with van der Waals surface area (Å²) in [5, 5.41) is 10.7. The Morgan fingerprint density at radius 3 is 2.86 bits per heavy atom. The number of pyridine rings is 2. The van der Waals surface area contributed by atoms with Crippen molar-refractivity contribution in [3.63, 3.8) is 0 Å². The zero-order valence-electron chi connectivity index (χ0n) is 20.4. The van der Waals surface area contributed by atoms with Crippen LogP contribution in [0.3, 0.4) is 0 Å². The number of benzene rings is 1. The average molecular weight is 484 g/mol. The lowest BCUT2D eigenvalue weighted by Crippen LogP contribution is -2.18. The summed E-state index contributed by atoms with van der Waals surface area (Å²) in [6, 6.07) is 11.7. The molecule has 3 aromatic heterocycles. The monoisotopic (exact) mass is 483 g/mol. The molecule has 0 aliphatic carbocycles. The van der Waals surface area contributed by atoms with Crippen molar-refractivity contribution in [3.8, 4) is 16.9 Å². The summed E-state index contributed by atoms with van der Waals surface area (Å²) >= 11 is 0. The molecule has 1 aliphatic heterocycles. The Morgan fingerprint density at radius 1 is 1.17 bits per heavy atom. The van der Waals surface area contributed by atoms with Crippen LogP contribution in [0, 0.1) is 0 Å². The third-order valence-corrected chi connectivity index (χ3v) is 6.03. The van der Waals surface area contributed by atoms with Gasteiger partial charge in [0.2, 0.25) is 0 Å². The summed E-state index contributed by atoms with van der Waals surface area (Å²) in [5.74, 6) is 1.52. The lowest BCUT2D eigenvalue weighted by atomic mass is 10.0. The van der Waals surface area contributed by atoms with Gasteiger partial charge in [-0.1, -0.05) is 12.1 Å². The van der Waals surface area contributed by atoms with Crippen molar-refractivity contribution in [2.24, 2.45) is 0 Å². The van der Waals surface area contributed by atoms with E-state index in [0.717, 1.165) is 59.0 Å². The topological polar surface area (TPSA) is 97.2 Å². The van der Waals surface area contributed by atoms with Crippen molar-refractivity contribution >= 4 is 17.4 Å². The molecule has 36 heavy (non-hydrogen) atoms. The largest absolute Gasteiger partial charge is 0.492 e. The van der Waals surface area contributed by atoms with E-state index in [1.165, 1.54) is 0 Å². The lowest BCUT2D eigenvalue weighted by Gasteiger charge is -2.13. The second-order valence-corrected chi connectivity index (χ2v) is 8.97. The van der Waals surface area contributed by atoms with Gasteiger partial charge in [0.25, 0.3) is 5.91 Å². The number of carbonyl (C=O) groups excluding carboxylic acids is 1. The van der Waals surface area contributed by atoms with Crippen molar-refractivity contribution in [2.75, 3.05) is 37.9 Å². The molecule has 0 saturated heterocycles. The number of nitrogens with one attached hydrogen (secondary N) is 2. The van der Waals surface area contributed by atoms with Gasteiger partial charge in [0.05, 0.1) is 24.9 Å². The van der Waals surface area contributed by atoms with Gasteiger partial charge in [-0.25, -0.2) is 4.98 Å². The van der Waals surface area contributed by atoms with Crippen LogP contribution in [-0.2, 0) is 19.5 Å². The molecule has 1 amide bonds. The van der Waals surface area contributed by atoms with Crippen LogP contribution >= 0.6 is 0 Å². The first kappa shape index (κ1) is 23.5. The van der Waals surface area contributed by atoms with Crippen molar-refractivity contribution in [1.29, 1.82) is 0 Å². The minimum Gasteiger partial charge on any atom is -0.492 e. The molecule has 0 atom stereocenters. The van der Waals surface area contributed by atoms with E-state index >= 15 is 0 Å². The van der Waals surface area contributed by atoms with Crippen LogP contribution in [0.5, 0.6) is 5.75 Å². The number of amides is 1. The highest BCUT2D eigenvalue weighted by atomic mass is 16.5. The lowest BCUT2D eigenvalue weighted by molar-refractivity contribution is 0.102. The minimum atomic E-state index is -0.181. The summed E-state index contributed by atoms with van der Waals surface area (Å²) in [7, 11) is 4.02. The van der Waals surface area contributed by atoms with Crippen LogP contribution in [0.1, 0.15) is 21.5 Å². The SMILES string of the molecule is CN(C)CCn1cc(C(=O)Nc2cccc(CNc3ncc(-c4ccncc4)c4c3CCO4)c2)cn1. The molecule has 0 unspecified atom stereocenters. The Morgan fingerprint density at radius 2 is 2.03 bits per heavy atom. The highest BCUT2D eigenvalue weighted by molar-refractivity contribution is 6.03. The van der Waals surface area contributed by atoms with Gasteiger partial charge in [0.15, 0.2) is 0 Å². The van der Waals surface area contributed by atoms with Crippen molar-refractivity contribution in [1.82, 2.24) is 24.6 Å². The molecule has 1 aromatic carbocycles. The number of rotatable bonds is 9. The molecule has 9 nitrogen and oxygen atoms in total. The smallest absolute Gasteiger partial charge is 0.258 e. The molecule has 2 N–H and O–H groups in total. The Bertz CT molecular complexity index is 1350. The molecule has 0 saturated carbocycles. The molecular weight excluding hydrogens is 454 g/mol. The van der Waals surface area contributed by atoms with Crippen LogP contribution in [0.2, 0.25) is 0 Å². The zero-order chi connectivity index (χ0) is 24.9. The van der Waals surface area contributed by atoms with E-state index in [0.29, 0.717) is 18.7 Å². The fourth-order valence-electron chi connectivity index (χ4n) is 4.13. The predicted octanol–water partition coefficient (Wildman–Crippen LogP) is 3.70. The fraction of sp³-hybridized carbons (Fsp3) is 0.259. The molecule has 0 radical (unpaired) electrons. The van der Waals surface area contributed by atoms with Crippen LogP contribution in [0.25, 0.3) is 11.1 Å². The molecule has 9 heteroatoms. The van der Waals surface area contributed by atoms with E-state index in [2.05, 4.69) is 30.6 Å². The number of hydrogen-bond donors (Lipinski definition) is 2. The number of fused-ring (bicyclic) bond motifs is 1. The number of aromatic nitrogens is 4. The first-order valence-corrected chi connectivity index (χ1v) is 11.9. The second-order valence-electron chi connectivity index (χ2n) is 8.97. The molecule has 1 aliphatic rings. The highest BCUT2D eigenvalue weighted by Crippen LogP contribution is 2.39. The van der Waals surface area contributed by atoms with Crippen LogP contribution < -0.4 is 15.4 Å². The van der Waals surface area contributed by atoms with E-state index in [-0.39, 0.29) is 5.91 Å². The minimum absolute atomic E-state index is 0.181. The summed E-state index contributed by atoms with van der Waals surface area (Å²) < 4.78 is 7.74. The number of hydrogen-bond acceptors (Lipinski definition) is 7. The van der Waals surface area contributed by atoms with Gasteiger partial charge >= 0.3 is 0 Å². The van der Waals surface area contributed by atoms with Gasteiger partial charge in [0, 0.05) is 61.1 Å². The quantitative estimate of drug-likeness (QED) is 0.375. The summed E-state index contributed by atoms with van der Waals surface area (Å²) in [6.07, 6.45) is 9.56. The molecule has 0 spiro atoms. The third kappa shape index (κ3) is 5.36. The Kier molecular flexibility index (Phi) is 6.90. The van der Waals surface area contributed by atoms with E-state index < -0.39 is 0 Å². The average Bonchev–Trinajstić information content (AvgIpc) is 3.57. The molecule has 0 fully saturated rings. The van der Waals surface area contributed by atoms with Gasteiger partial charge in [-0.15, -0.1) is 0 Å². The van der Waals surface area contributed by atoms with Gasteiger partial charge in [0.1, 0.15) is 11.6 Å². The summed E-state index contributed by atoms with van der Waals surface area (Å²) in [4.78, 5) is 23.6. The molecule has 184 valence electrons. The summed E-state index contributed by atoms with van der Waals surface area (Å²) in [6.45, 7) is 2.80. The van der Waals surface area contributed by atoms with Crippen LogP contribution in [-0.4, -0.2) is 57.8 Å². The van der Waals surface area contributed by atoms with Crippen molar-refractivity contribution in [2.45, 2.75) is 19.5 Å². The van der Waals surface area contributed by atoms with Gasteiger partial charge in [-0.2, -0.15) is 5.10 Å². The van der Waals surface area contributed by atoms with E-state index in [1.54, 1.807) is 29.5 Å². The Balaban J connectivity index is 1.24. The van der Waals surface area contributed by atoms with Gasteiger partial charge in [-0.3, -0.25) is 14.5 Å². The second kappa shape index (κ2) is 10.6. The number of carbonyl (C=O) groups is 1. The summed E-state index contributed by atoms with van der Waals surface area (Å²) in [5.41, 5.74) is 5.39. The van der Waals surface area contributed by atoms with Crippen molar-refractivity contribution in [3.05, 3.63) is 84.1 Å². The van der Waals surface area contributed by atoms with Crippen LogP contribution in [0.4, 0.5) is 11.5 Å².